The number of aromatic nitrogens is 2. The molecule has 7 nitrogen and oxygen atoms in total. The van der Waals surface area contributed by atoms with Gasteiger partial charge in [0, 0.05) is 31.5 Å². The Bertz CT molecular complexity index is 664. The summed E-state index contributed by atoms with van der Waals surface area (Å²) in [6, 6.07) is 4.92. The lowest BCUT2D eigenvalue weighted by atomic mass is 10.2. The molecule has 104 valence electrons. The first-order valence-electron chi connectivity index (χ1n) is 6.13. The molecule has 0 radical (unpaired) electrons. The van der Waals surface area contributed by atoms with Crippen molar-refractivity contribution in [1.82, 2.24) is 9.55 Å². The van der Waals surface area contributed by atoms with Crippen LogP contribution in [-0.2, 0) is 6.54 Å². The molecule has 20 heavy (non-hydrogen) atoms. The third-order valence-corrected chi connectivity index (χ3v) is 2.70. The predicted octanol–water partition coefficient (Wildman–Crippen LogP) is 1.63. The Morgan fingerprint density at radius 1 is 1.40 bits per heavy atom. The van der Waals surface area contributed by atoms with Crippen LogP contribution in [0, 0.1) is 10.1 Å². The van der Waals surface area contributed by atoms with Crippen LogP contribution in [0.3, 0.4) is 0 Å². The van der Waals surface area contributed by atoms with Crippen molar-refractivity contribution < 1.29 is 4.92 Å². The molecule has 2 aromatic heterocycles. The maximum Gasteiger partial charge on any atom is 0.332 e. The molecule has 0 aliphatic carbocycles. The minimum absolute atomic E-state index is 0.417. The van der Waals surface area contributed by atoms with E-state index in [1.165, 1.54) is 18.5 Å². The van der Waals surface area contributed by atoms with Gasteiger partial charge in [0.2, 0.25) is 0 Å². The predicted molar refractivity (Wildman–Crippen MR) is 74.9 cm³/mol. The van der Waals surface area contributed by atoms with Crippen molar-refractivity contribution in [1.29, 1.82) is 0 Å². The molecule has 0 amide bonds. The highest BCUT2D eigenvalue weighted by Gasteiger charge is 2.11. The number of nitro groups is 1. The largest absolute Gasteiger partial charge is 0.370 e. The molecule has 0 spiro atoms. The lowest BCUT2D eigenvalue weighted by Crippen LogP contribution is -2.11. The SMILES string of the molecule is CCNc1ccc(Cn2ccc(=O)c([N+](=O)[O-])c2)cn1. The second-order valence-electron chi connectivity index (χ2n) is 4.21. The molecule has 2 aromatic rings. The molecule has 0 atom stereocenters. The van der Waals surface area contributed by atoms with E-state index in [1.54, 1.807) is 10.8 Å². The normalized spacial score (nSPS) is 10.2. The summed E-state index contributed by atoms with van der Waals surface area (Å²) >= 11 is 0. The van der Waals surface area contributed by atoms with Gasteiger partial charge in [0.05, 0.1) is 11.1 Å². The molecule has 2 rings (SSSR count). The zero-order valence-corrected chi connectivity index (χ0v) is 10.9. The molecule has 0 fully saturated rings. The highest BCUT2D eigenvalue weighted by molar-refractivity contribution is 5.35. The van der Waals surface area contributed by atoms with Crippen LogP contribution in [0.25, 0.3) is 0 Å². The summed E-state index contributed by atoms with van der Waals surface area (Å²) in [6.07, 6.45) is 4.45. The quantitative estimate of drug-likeness (QED) is 0.661. The van der Waals surface area contributed by atoms with E-state index in [1.807, 2.05) is 19.1 Å². The molecule has 0 aliphatic rings. The first-order valence-corrected chi connectivity index (χ1v) is 6.13. The van der Waals surface area contributed by atoms with Gasteiger partial charge in [0.15, 0.2) is 0 Å². The monoisotopic (exact) mass is 274 g/mol. The van der Waals surface area contributed by atoms with Crippen LogP contribution >= 0.6 is 0 Å². The number of rotatable bonds is 5. The van der Waals surface area contributed by atoms with Crippen molar-refractivity contribution in [3.8, 4) is 0 Å². The Morgan fingerprint density at radius 2 is 2.20 bits per heavy atom. The second-order valence-corrected chi connectivity index (χ2v) is 4.21. The number of nitrogens with zero attached hydrogens (tertiary/aromatic N) is 3. The second kappa shape index (κ2) is 5.96. The van der Waals surface area contributed by atoms with Gasteiger partial charge in [-0.05, 0) is 18.6 Å². The van der Waals surface area contributed by atoms with E-state index in [-0.39, 0.29) is 0 Å². The molecule has 0 bridgehead atoms. The summed E-state index contributed by atoms with van der Waals surface area (Å²) in [5.74, 6) is 0.780. The highest BCUT2D eigenvalue weighted by atomic mass is 16.6. The maximum absolute atomic E-state index is 11.3. The van der Waals surface area contributed by atoms with Crippen LogP contribution in [0.1, 0.15) is 12.5 Å². The summed E-state index contributed by atoms with van der Waals surface area (Å²) in [5.41, 5.74) is -0.124. The smallest absolute Gasteiger partial charge is 0.332 e. The number of pyridine rings is 2. The van der Waals surface area contributed by atoms with E-state index in [9.17, 15) is 14.9 Å². The molecule has 0 unspecified atom stereocenters. The summed E-state index contributed by atoms with van der Waals surface area (Å²) < 4.78 is 1.59. The summed E-state index contributed by atoms with van der Waals surface area (Å²) in [5, 5.41) is 13.8. The summed E-state index contributed by atoms with van der Waals surface area (Å²) in [6.45, 7) is 3.19. The average Bonchev–Trinajstić information content (AvgIpc) is 2.43. The van der Waals surface area contributed by atoms with Crippen molar-refractivity contribution in [2.24, 2.45) is 0 Å². The Morgan fingerprint density at radius 3 is 2.80 bits per heavy atom. The zero-order chi connectivity index (χ0) is 14.5. The van der Waals surface area contributed by atoms with E-state index in [0.717, 1.165) is 17.9 Å². The fraction of sp³-hybridized carbons (Fsp3) is 0.231. The lowest BCUT2D eigenvalue weighted by Gasteiger charge is -2.07. The summed E-state index contributed by atoms with van der Waals surface area (Å²) in [7, 11) is 0. The van der Waals surface area contributed by atoms with Gasteiger partial charge in [-0.25, -0.2) is 4.98 Å². The molecule has 7 heteroatoms. The zero-order valence-electron chi connectivity index (χ0n) is 10.9. The highest BCUT2D eigenvalue weighted by Crippen LogP contribution is 2.08. The Kier molecular flexibility index (Phi) is 4.09. The fourth-order valence-electron chi connectivity index (χ4n) is 1.76. The number of anilines is 1. The van der Waals surface area contributed by atoms with Crippen LogP contribution in [0.5, 0.6) is 0 Å². The van der Waals surface area contributed by atoms with E-state index in [0.29, 0.717) is 6.54 Å². The third kappa shape index (κ3) is 3.19. The van der Waals surface area contributed by atoms with Crippen LogP contribution in [0.15, 0.2) is 41.6 Å². The Balaban J connectivity index is 2.19. The van der Waals surface area contributed by atoms with Gasteiger partial charge >= 0.3 is 5.69 Å². The van der Waals surface area contributed by atoms with Crippen LogP contribution < -0.4 is 10.7 Å². The van der Waals surface area contributed by atoms with E-state index in [2.05, 4.69) is 10.3 Å². The minimum Gasteiger partial charge on any atom is -0.370 e. The molecule has 0 aliphatic heterocycles. The standard InChI is InChI=1S/C13H14N4O3/c1-2-14-13-4-3-10(7-15-13)8-16-6-5-12(18)11(9-16)17(19)20/h3-7,9H,2,8H2,1H3,(H,14,15). The van der Waals surface area contributed by atoms with Gasteiger partial charge < -0.3 is 9.88 Å². The van der Waals surface area contributed by atoms with E-state index >= 15 is 0 Å². The van der Waals surface area contributed by atoms with Gasteiger partial charge in [0.1, 0.15) is 5.82 Å². The molecule has 0 saturated heterocycles. The average molecular weight is 274 g/mol. The first-order chi connectivity index (χ1) is 9.60. The molecule has 0 saturated carbocycles. The molecular formula is C13H14N4O3. The van der Waals surface area contributed by atoms with Gasteiger partial charge in [-0.3, -0.25) is 14.9 Å². The van der Waals surface area contributed by atoms with Crippen molar-refractivity contribution in [2.75, 3.05) is 11.9 Å². The Labute approximate surface area is 115 Å². The molecular weight excluding hydrogens is 260 g/mol. The van der Waals surface area contributed by atoms with Crippen molar-refractivity contribution in [3.63, 3.8) is 0 Å². The molecule has 0 aromatic carbocycles. The first kappa shape index (κ1) is 13.7. The van der Waals surface area contributed by atoms with Crippen molar-refractivity contribution in [3.05, 3.63) is 62.7 Å². The number of hydrogen-bond donors (Lipinski definition) is 1. The van der Waals surface area contributed by atoms with Crippen LogP contribution in [-0.4, -0.2) is 21.0 Å². The Hall–Kier alpha value is -2.70. The molecule has 1 N–H and O–H groups in total. The number of hydrogen-bond acceptors (Lipinski definition) is 5. The third-order valence-electron chi connectivity index (χ3n) is 2.70. The van der Waals surface area contributed by atoms with E-state index in [4.69, 9.17) is 0 Å². The lowest BCUT2D eigenvalue weighted by molar-refractivity contribution is -0.386. The van der Waals surface area contributed by atoms with E-state index < -0.39 is 16.0 Å². The number of nitrogens with one attached hydrogen (secondary N) is 1. The van der Waals surface area contributed by atoms with Gasteiger partial charge in [-0.15, -0.1) is 0 Å². The van der Waals surface area contributed by atoms with Gasteiger partial charge in [0.25, 0.3) is 5.43 Å². The fourth-order valence-corrected chi connectivity index (χ4v) is 1.76. The summed E-state index contributed by atoms with van der Waals surface area (Å²) in [4.78, 5) is 25.6. The van der Waals surface area contributed by atoms with Crippen molar-refractivity contribution in [2.45, 2.75) is 13.5 Å². The maximum atomic E-state index is 11.3. The minimum atomic E-state index is -0.675. The van der Waals surface area contributed by atoms with Crippen LogP contribution in [0.2, 0.25) is 0 Å². The van der Waals surface area contributed by atoms with Crippen molar-refractivity contribution >= 4 is 11.5 Å². The van der Waals surface area contributed by atoms with Gasteiger partial charge in [-0.1, -0.05) is 6.07 Å². The van der Waals surface area contributed by atoms with Gasteiger partial charge in [-0.2, -0.15) is 0 Å². The molecule has 2 heterocycles. The van der Waals surface area contributed by atoms with Crippen LogP contribution in [0.4, 0.5) is 11.5 Å². The topological polar surface area (TPSA) is 90.1 Å².